The second-order valence-electron chi connectivity index (χ2n) is 9.91. The van der Waals surface area contributed by atoms with Crippen LogP contribution in [0.1, 0.15) is 36.0 Å². The monoisotopic (exact) mass is 551 g/mol. The van der Waals surface area contributed by atoms with Crippen molar-refractivity contribution in [1.82, 2.24) is 14.7 Å². The first-order chi connectivity index (χ1) is 17.1. The number of aryl methyl sites for hydroxylation is 1. The molecule has 2 aromatic rings. The van der Waals surface area contributed by atoms with Crippen LogP contribution in [0.3, 0.4) is 0 Å². The van der Waals surface area contributed by atoms with Crippen LogP contribution < -0.4 is 4.74 Å². The molecule has 1 amide bonds. The summed E-state index contributed by atoms with van der Waals surface area (Å²) in [5, 5.41) is 0. The van der Waals surface area contributed by atoms with Gasteiger partial charge in [0.15, 0.2) is 0 Å². The summed E-state index contributed by atoms with van der Waals surface area (Å²) in [6.07, 6.45) is 3.71. The maximum Gasteiger partial charge on any atom is 0.227 e. The van der Waals surface area contributed by atoms with Gasteiger partial charge in [0.2, 0.25) is 5.91 Å². The topological polar surface area (TPSA) is 45.2 Å². The van der Waals surface area contributed by atoms with Gasteiger partial charge >= 0.3 is 0 Å². The molecule has 8 heteroatoms. The highest BCUT2D eigenvalue weighted by Gasteiger charge is 2.28. The van der Waals surface area contributed by atoms with E-state index in [0.29, 0.717) is 13.0 Å². The van der Waals surface area contributed by atoms with Gasteiger partial charge in [-0.15, -0.1) is 24.8 Å². The van der Waals surface area contributed by atoms with Crippen LogP contribution in [-0.2, 0) is 22.5 Å². The summed E-state index contributed by atoms with van der Waals surface area (Å²) in [5.41, 5.74) is 3.48. The molecule has 0 radical (unpaired) electrons. The Bertz CT molecular complexity index is 913. The molecule has 2 saturated heterocycles. The Kier molecular flexibility index (Phi) is 13.7. The van der Waals surface area contributed by atoms with E-state index in [4.69, 9.17) is 9.47 Å². The maximum atomic E-state index is 13.5. The van der Waals surface area contributed by atoms with Gasteiger partial charge in [-0.3, -0.25) is 9.69 Å². The third-order valence-corrected chi connectivity index (χ3v) is 7.36. The predicted octanol–water partition coefficient (Wildman–Crippen LogP) is 4.61. The molecule has 0 aliphatic carbocycles. The van der Waals surface area contributed by atoms with Crippen molar-refractivity contribution in [2.75, 3.05) is 59.6 Å². The number of piperidine rings is 1. The number of rotatable bonds is 10. The molecule has 2 aliphatic heterocycles. The van der Waals surface area contributed by atoms with Crippen molar-refractivity contribution in [1.29, 1.82) is 0 Å². The molecule has 0 aromatic heterocycles. The number of carbonyl (C=O) groups excluding carboxylic acids is 1. The normalized spacial score (nSPS) is 16.9. The van der Waals surface area contributed by atoms with Gasteiger partial charge in [0.05, 0.1) is 26.7 Å². The summed E-state index contributed by atoms with van der Waals surface area (Å²) in [7, 11) is 1.67. The summed E-state index contributed by atoms with van der Waals surface area (Å²) in [6.45, 7) is 11.1. The van der Waals surface area contributed by atoms with E-state index in [1.807, 2.05) is 24.3 Å². The van der Waals surface area contributed by atoms with E-state index < -0.39 is 0 Å². The van der Waals surface area contributed by atoms with Crippen LogP contribution in [-0.4, -0.2) is 86.2 Å². The molecule has 4 rings (SSSR count). The molecule has 37 heavy (non-hydrogen) atoms. The molecule has 6 nitrogen and oxygen atoms in total. The van der Waals surface area contributed by atoms with Gasteiger partial charge in [-0.2, -0.15) is 0 Å². The lowest BCUT2D eigenvalue weighted by atomic mass is 10.00. The molecule has 2 fully saturated rings. The van der Waals surface area contributed by atoms with E-state index in [1.54, 1.807) is 7.11 Å². The number of carbonyl (C=O) groups is 1. The highest BCUT2D eigenvalue weighted by Crippen LogP contribution is 2.22. The van der Waals surface area contributed by atoms with Crippen molar-refractivity contribution in [2.24, 2.45) is 0 Å². The first-order valence-corrected chi connectivity index (χ1v) is 13.1. The quantitative estimate of drug-likeness (QED) is 0.431. The van der Waals surface area contributed by atoms with Crippen LogP contribution in [0.5, 0.6) is 5.75 Å². The van der Waals surface area contributed by atoms with Crippen LogP contribution in [0.25, 0.3) is 0 Å². The molecule has 0 saturated carbocycles. The third-order valence-electron chi connectivity index (χ3n) is 7.36. The first-order valence-electron chi connectivity index (χ1n) is 13.1. The van der Waals surface area contributed by atoms with E-state index >= 15 is 0 Å². The van der Waals surface area contributed by atoms with Gasteiger partial charge in [0.25, 0.3) is 0 Å². The third kappa shape index (κ3) is 9.77. The lowest BCUT2D eigenvalue weighted by Gasteiger charge is -2.39. The molecule has 2 heterocycles. The maximum absolute atomic E-state index is 13.5. The Balaban J connectivity index is 0.00000241. The zero-order chi connectivity index (χ0) is 24.5. The average Bonchev–Trinajstić information content (AvgIpc) is 2.90. The lowest BCUT2D eigenvalue weighted by Crippen LogP contribution is -2.48. The van der Waals surface area contributed by atoms with Gasteiger partial charge in [-0.25, -0.2) is 0 Å². The second-order valence-corrected chi connectivity index (χ2v) is 9.91. The minimum absolute atomic E-state index is 0. The number of ether oxygens (including phenoxy) is 2. The minimum Gasteiger partial charge on any atom is -0.497 e. The summed E-state index contributed by atoms with van der Waals surface area (Å²) in [6, 6.07) is 16.7. The Morgan fingerprint density at radius 3 is 2.05 bits per heavy atom. The fraction of sp³-hybridized carbons (Fsp3) is 0.552. The number of amides is 1. The molecule has 0 spiro atoms. The van der Waals surface area contributed by atoms with Crippen molar-refractivity contribution >= 4 is 30.7 Å². The van der Waals surface area contributed by atoms with Crippen molar-refractivity contribution < 1.29 is 14.3 Å². The predicted molar refractivity (Wildman–Crippen MR) is 154 cm³/mol. The number of methoxy groups -OCH3 is 1. The molecular formula is C29H43Cl2N3O3. The van der Waals surface area contributed by atoms with E-state index in [-0.39, 0.29) is 36.8 Å². The average molecular weight is 553 g/mol. The molecule has 0 N–H and O–H groups in total. The number of nitrogens with zero attached hydrogens (tertiary/aromatic N) is 3. The Hall–Kier alpha value is -1.83. The van der Waals surface area contributed by atoms with E-state index in [9.17, 15) is 4.79 Å². The van der Waals surface area contributed by atoms with Crippen molar-refractivity contribution in [2.45, 2.75) is 45.2 Å². The second kappa shape index (κ2) is 16.2. The number of likely N-dealkylation sites (tertiary alicyclic amines) is 1. The molecule has 0 unspecified atom stereocenters. The van der Waals surface area contributed by atoms with Crippen molar-refractivity contribution in [3.05, 3.63) is 65.2 Å². The number of hydrogen-bond donors (Lipinski definition) is 0. The van der Waals surface area contributed by atoms with Crippen molar-refractivity contribution in [3.63, 3.8) is 0 Å². The highest BCUT2D eigenvalue weighted by atomic mass is 35.5. The minimum atomic E-state index is 0. The number of benzene rings is 2. The SMILES string of the molecule is COc1ccc(CC(=O)N(Cc2ccc(C)cc2)C2CCN(CCCN3CCOCC3)CC2)cc1.Cl.Cl. The number of morpholine rings is 1. The summed E-state index contributed by atoms with van der Waals surface area (Å²) in [5.74, 6) is 1.03. The molecular weight excluding hydrogens is 509 g/mol. The van der Waals surface area contributed by atoms with E-state index in [2.05, 4.69) is 45.9 Å². The first kappa shape index (κ1) is 31.4. The molecule has 0 atom stereocenters. The van der Waals surface area contributed by atoms with E-state index in [1.165, 1.54) is 17.5 Å². The van der Waals surface area contributed by atoms with Crippen LogP contribution >= 0.6 is 24.8 Å². The smallest absolute Gasteiger partial charge is 0.227 e. The lowest BCUT2D eigenvalue weighted by molar-refractivity contribution is -0.134. The van der Waals surface area contributed by atoms with E-state index in [0.717, 1.165) is 76.6 Å². The van der Waals surface area contributed by atoms with Crippen LogP contribution in [0.4, 0.5) is 0 Å². The Morgan fingerprint density at radius 1 is 0.892 bits per heavy atom. The van der Waals surface area contributed by atoms with Crippen LogP contribution in [0, 0.1) is 6.92 Å². The fourth-order valence-electron chi connectivity index (χ4n) is 5.13. The molecule has 0 bridgehead atoms. The van der Waals surface area contributed by atoms with Gasteiger partial charge < -0.3 is 19.3 Å². The molecule has 206 valence electrons. The Morgan fingerprint density at radius 2 is 1.46 bits per heavy atom. The highest BCUT2D eigenvalue weighted by molar-refractivity contribution is 5.85. The summed E-state index contributed by atoms with van der Waals surface area (Å²) in [4.78, 5) is 20.8. The summed E-state index contributed by atoms with van der Waals surface area (Å²) >= 11 is 0. The number of hydrogen-bond acceptors (Lipinski definition) is 5. The molecule has 2 aliphatic rings. The standard InChI is InChI=1S/C29H41N3O3.2ClH/c1-24-4-6-26(7-5-24)23-32(29(33)22-25-8-10-28(34-2)11-9-25)27-12-16-30(17-13-27)14-3-15-31-18-20-35-21-19-31;;/h4-11,27H,3,12-23H2,1-2H3;2*1H. The number of halogens is 2. The van der Waals surface area contributed by atoms with Crippen LogP contribution in [0.2, 0.25) is 0 Å². The molecule has 2 aromatic carbocycles. The summed E-state index contributed by atoms with van der Waals surface area (Å²) < 4.78 is 10.7. The van der Waals surface area contributed by atoms with Crippen molar-refractivity contribution in [3.8, 4) is 5.75 Å². The fourth-order valence-corrected chi connectivity index (χ4v) is 5.13. The zero-order valence-electron chi connectivity index (χ0n) is 22.3. The van der Waals surface area contributed by atoms with Crippen LogP contribution in [0.15, 0.2) is 48.5 Å². The Labute approximate surface area is 235 Å². The van der Waals surface area contributed by atoms with Gasteiger partial charge in [0.1, 0.15) is 5.75 Å². The van der Waals surface area contributed by atoms with Gasteiger partial charge in [-0.05, 0) is 62.5 Å². The zero-order valence-corrected chi connectivity index (χ0v) is 23.9. The van der Waals surface area contributed by atoms with Gasteiger partial charge in [-0.1, -0.05) is 42.0 Å². The largest absolute Gasteiger partial charge is 0.497 e. The van der Waals surface area contributed by atoms with Gasteiger partial charge in [0, 0.05) is 38.8 Å².